The van der Waals surface area contributed by atoms with Crippen LogP contribution in [0.5, 0.6) is 5.88 Å². The first-order valence-corrected chi connectivity index (χ1v) is 10.9. The first-order chi connectivity index (χ1) is 13.4. The van der Waals surface area contributed by atoms with Gasteiger partial charge in [0.25, 0.3) is 0 Å². The minimum Gasteiger partial charge on any atom is -0.480 e. The predicted molar refractivity (Wildman–Crippen MR) is 99.3 cm³/mol. The van der Waals surface area contributed by atoms with Gasteiger partial charge in [-0.25, -0.2) is 28.4 Å². The summed E-state index contributed by atoms with van der Waals surface area (Å²) in [5, 5.41) is 8.97. The van der Waals surface area contributed by atoms with Crippen molar-refractivity contribution in [3.05, 3.63) is 23.3 Å². The van der Waals surface area contributed by atoms with Crippen molar-refractivity contribution >= 4 is 9.84 Å². The minimum absolute atomic E-state index is 0.00259. The highest BCUT2D eigenvalue weighted by Gasteiger charge is 2.33. The Morgan fingerprint density at radius 3 is 2.75 bits per heavy atom. The molecule has 0 bridgehead atoms. The Labute approximate surface area is 163 Å². The quantitative estimate of drug-likeness (QED) is 0.536. The van der Waals surface area contributed by atoms with Gasteiger partial charge in [0.05, 0.1) is 31.1 Å². The molecular formula is C18H20N6O3S. The molecule has 2 aromatic rings. The van der Waals surface area contributed by atoms with Gasteiger partial charge in [0.1, 0.15) is 11.9 Å². The number of ether oxygens (including phenoxy) is 1. The number of nitriles is 1. The fourth-order valence-electron chi connectivity index (χ4n) is 3.51. The molecule has 1 aliphatic heterocycles. The van der Waals surface area contributed by atoms with Crippen molar-refractivity contribution in [1.29, 1.82) is 5.26 Å². The molecule has 28 heavy (non-hydrogen) atoms. The SMILES string of the molecule is COc1ncnc(C2CC2)c1-c1nc2c(c(S(C)(=O)=O)n1)CN(CC#N)CC2. The van der Waals surface area contributed by atoms with Gasteiger partial charge >= 0.3 is 0 Å². The number of hydrogen-bond donors (Lipinski definition) is 0. The molecule has 1 saturated carbocycles. The van der Waals surface area contributed by atoms with Gasteiger partial charge in [-0.05, 0) is 12.8 Å². The second-order valence-corrected chi connectivity index (χ2v) is 9.02. The zero-order chi connectivity index (χ0) is 19.9. The van der Waals surface area contributed by atoms with Gasteiger partial charge < -0.3 is 4.74 Å². The number of rotatable bonds is 5. The number of nitrogens with zero attached hydrogens (tertiary/aromatic N) is 6. The van der Waals surface area contributed by atoms with Gasteiger partial charge in [-0.3, -0.25) is 4.90 Å². The van der Waals surface area contributed by atoms with Crippen molar-refractivity contribution in [2.75, 3.05) is 26.5 Å². The summed E-state index contributed by atoms with van der Waals surface area (Å²) >= 11 is 0. The fourth-order valence-corrected chi connectivity index (χ4v) is 4.39. The van der Waals surface area contributed by atoms with Gasteiger partial charge in [0.2, 0.25) is 5.88 Å². The van der Waals surface area contributed by atoms with Crippen molar-refractivity contribution in [2.45, 2.75) is 36.8 Å². The van der Waals surface area contributed by atoms with Gasteiger partial charge in [0, 0.05) is 37.2 Å². The Morgan fingerprint density at radius 1 is 1.32 bits per heavy atom. The molecule has 10 heteroatoms. The summed E-state index contributed by atoms with van der Waals surface area (Å²) in [4.78, 5) is 19.6. The van der Waals surface area contributed by atoms with Gasteiger partial charge in [-0.1, -0.05) is 0 Å². The molecule has 146 valence electrons. The lowest BCUT2D eigenvalue weighted by Crippen LogP contribution is -2.33. The first kappa shape index (κ1) is 18.7. The average Bonchev–Trinajstić information content (AvgIpc) is 3.51. The van der Waals surface area contributed by atoms with Gasteiger partial charge in [0.15, 0.2) is 20.7 Å². The molecule has 9 nitrogen and oxygen atoms in total. The van der Waals surface area contributed by atoms with Crippen LogP contribution in [0.25, 0.3) is 11.4 Å². The number of methoxy groups -OCH3 is 1. The van der Waals surface area contributed by atoms with Crippen molar-refractivity contribution in [2.24, 2.45) is 0 Å². The van der Waals surface area contributed by atoms with E-state index in [2.05, 4.69) is 26.0 Å². The predicted octanol–water partition coefficient (Wildman–Crippen LogP) is 1.10. The number of sulfone groups is 1. The van der Waals surface area contributed by atoms with E-state index in [1.54, 1.807) is 0 Å². The van der Waals surface area contributed by atoms with Crippen molar-refractivity contribution in [3.8, 4) is 23.3 Å². The van der Waals surface area contributed by atoms with E-state index in [4.69, 9.17) is 10.00 Å². The van der Waals surface area contributed by atoms with Crippen molar-refractivity contribution < 1.29 is 13.2 Å². The largest absolute Gasteiger partial charge is 0.480 e. The maximum Gasteiger partial charge on any atom is 0.227 e. The molecule has 2 aromatic heterocycles. The van der Waals surface area contributed by atoms with Crippen LogP contribution < -0.4 is 4.74 Å². The normalized spacial score (nSPS) is 17.0. The third kappa shape index (κ3) is 3.43. The van der Waals surface area contributed by atoms with Crippen LogP contribution in [0.15, 0.2) is 11.4 Å². The summed E-state index contributed by atoms with van der Waals surface area (Å²) in [6.45, 7) is 1.21. The smallest absolute Gasteiger partial charge is 0.227 e. The second-order valence-electron chi connectivity index (χ2n) is 7.09. The van der Waals surface area contributed by atoms with E-state index < -0.39 is 9.84 Å². The molecule has 0 saturated heterocycles. The van der Waals surface area contributed by atoms with Crippen LogP contribution in [-0.2, 0) is 22.8 Å². The molecule has 3 heterocycles. The summed E-state index contributed by atoms with van der Waals surface area (Å²) in [7, 11) is -2.08. The lowest BCUT2D eigenvalue weighted by atomic mass is 10.1. The van der Waals surface area contributed by atoms with Gasteiger partial charge in [-0.2, -0.15) is 5.26 Å². The summed E-state index contributed by atoms with van der Waals surface area (Å²) < 4.78 is 30.4. The van der Waals surface area contributed by atoms with Crippen LogP contribution in [-0.4, -0.2) is 59.7 Å². The number of aromatic nitrogens is 4. The summed E-state index contributed by atoms with van der Waals surface area (Å²) in [5.41, 5.74) is 2.62. The lowest BCUT2D eigenvalue weighted by molar-refractivity contribution is 0.278. The standard InChI is InChI=1S/C18H20N6O3S/c1-27-17-14(15(11-3-4-11)20-10-21-17)16-22-13-5-7-24(8-6-19)9-12(13)18(23-16)28(2,25)26/h10-11H,3-5,7-9H2,1-2H3. The van der Waals surface area contributed by atoms with E-state index in [0.29, 0.717) is 48.1 Å². The summed E-state index contributed by atoms with van der Waals surface area (Å²) in [6.07, 6.45) is 5.17. The maximum absolute atomic E-state index is 12.5. The molecule has 0 aromatic carbocycles. The van der Waals surface area contributed by atoms with E-state index >= 15 is 0 Å². The van der Waals surface area contributed by atoms with Crippen LogP contribution in [0, 0.1) is 11.3 Å². The Bertz CT molecular complexity index is 1080. The molecule has 0 radical (unpaired) electrons. The van der Waals surface area contributed by atoms with E-state index in [1.165, 1.54) is 13.4 Å². The Balaban J connectivity index is 1.91. The molecule has 0 atom stereocenters. The lowest BCUT2D eigenvalue weighted by Gasteiger charge is -2.27. The van der Waals surface area contributed by atoms with E-state index in [1.807, 2.05) is 4.90 Å². The van der Waals surface area contributed by atoms with Crippen LogP contribution in [0.4, 0.5) is 0 Å². The molecule has 0 spiro atoms. The van der Waals surface area contributed by atoms with Crippen molar-refractivity contribution in [1.82, 2.24) is 24.8 Å². The van der Waals surface area contributed by atoms with Crippen LogP contribution in [0.2, 0.25) is 0 Å². The van der Waals surface area contributed by atoms with Crippen LogP contribution >= 0.6 is 0 Å². The summed E-state index contributed by atoms with van der Waals surface area (Å²) in [5.74, 6) is 0.921. The van der Waals surface area contributed by atoms with Gasteiger partial charge in [-0.15, -0.1) is 0 Å². The number of fused-ring (bicyclic) bond motifs is 1. The Hall–Kier alpha value is -2.64. The van der Waals surface area contributed by atoms with Crippen molar-refractivity contribution in [3.63, 3.8) is 0 Å². The minimum atomic E-state index is -3.59. The Kier molecular flexibility index (Phi) is 4.72. The molecular weight excluding hydrogens is 380 g/mol. The molecule has 0 amide bonds. The molecule has 2 aliphatic rings. The highest BCUT2D eigenvalue weighted by Crippen LogP contribution is 2.45. The highest BCUT2D eigenvalue weighted by atomic mass is 32.2. The molecule has 0 N–H and O–H groups in total. The monoisotopic (exact) mass is 400 g/mol. The third-order valence-corrected chi connectivity index (χ3v) is 6.01. The molecule has 0 unspecified atom stereocenters. The average molecular weight is 400 g/mol. The van der Waals surface area contributed by atoms with Crippen LogP contribution in [0.3, 0.4) is 0 Å². The van der Waals surface area contributed by atoms with E-state index in [-0.39, 0.29) is 17.4 Å². The zero-order valence-corrected chi connectivity index (χ0v) is 16.5. The third-order valence-electron chi connectivity index (χ3n) is 4.97. The molecule has 1 aliphatic carbocycles. The Morgan fingerprint density at radius 2 is 2.11 bits per heavy atom. The second kappa shape index (κ2) is 7.07. The molecule has 4 rings (SSSR count). The highest BCUT2D eigenvalue weighted by molar-refractivity contribution is 7.90. The topological polar surface area (TPSA) is 122 Å². The van der Waals surface area contributed by atoms with E-state index in [9.17, 15) is 8.42 Å². The number of hydrogen-bond acceptors (Lipinski definition) is 9. The summed E-state index contributed by atoms with van der Waals surface area (Å²) in [6, 6.07) is 2.11. The van der Waals surface area contributed by atoms with Crippen LogP contribution in [0.1, 0.15) is 35.7 Å². The first-order valence-electron chi connectivity index (χ1n) is 9.00. The van der Waals surface area contributed by atoms with E-state index in [0.717, 1.165) is 24.8 Å². The molecule has 1 fully saturated rings. The zero-order valence-electron chi connectivity index (χ0n) is 15.7. The fraction of sp³-hybridized carbons (Fsp3) is 0.500. The maximum atomic E-state index is 12.5.